The van der Waals surface area contributed by atoms with Gasteiger partial charge in [-0.25, -0.2) is 4.68 Å². The maximum atomic E-state index is 12.5. The van der Waals surface area contributed by atoms with Crippen LogP contribution in [0.1, 0.15) is 27.2 Å². The van der Waals surface area contributed by atoms with Gasteiger partial charge in [0, 0.05) is 11.0 Å². The van der Waals surface area contributed by atoms with E-state index in [0.717, 1.165) is 21.4 Å². The molecule has 1 aromatic heterocycles. The fraction of sp³-hybridized carbons (Fsp3) is 0.105. The normalized spacial score (nSPS) is 10.3. The molecule has 5 nitrogen and oxygen atoms in total. The molecule has 1 heterocycles. The van der Waals surface area contributed by atoms with Gasteiger partial charge in [-0.15, -0.1) is 0 Å². The molecule has 0 radical (unpaired) electrons. The van der Waals surface area contributed by atoms with Crippen LogP contribution in [0.2, 0.25) is 0 Å². The number of rotatable bonds is 4. The van der Waals surface area contributed by atoms with Crippen molar-refractivity contribution in [1.29, 1.82) is 5.26 Å². The molecule has 0 saturated carbocycles. The van der Waals surface area contributed by atoms with Crippen LogP contribution in [0.15, 0.2) is 59.2 Å². The SMILES string of the molecule is Cc1c(C(=O)NCc2cccc(C#N)c2)cnn1-c1ccc(Br)cc1. The van der Waals surface area contributed by atoms with E-state index in [1.807, 2.05) is 37.3 Å². The summed E-state index contributed by atoms with van der Waals surface area (Å²) in [6, 6.07) is 17.0. The molecule has 0 atom stereocenters. The summed E-state index contributed by atoms with van der Waals surface area (Å²) in [6.07, 6.45) is 1.57. The summed E-state index contributed by atoms with van der Waals surface area (Å²) >= 11 is 3.40. The quantitative estimate of drug-likeness (QED) is 0.732. The maximum absolute atomic E-state index is 12.5. The molecule has 0 aliphatic carbocycles. The zero-order chi connectivity index (χ0) is 17.8. The highest BCUT2D eigenvalue weighted by Gasteiger charge is 2.15. The van der Waals surface area contributed by atoms with Crippen LogP contribution in [0.25, 0.3) is 5.69 Å². The molecule has 0 unspecified atom stereocenters. The van der Waals surface area contributed by atoms with Crippen LogP contribution in [-0.4, -0.2) is 15.7 Å². The molecule has 124 valence electrons. The lowest BCUT2D eigenvalue weighted by atomic mass is 10.1. The molecule has 25 heavy (non-hydrogen) atoms. The topological polar surface area (TPSA) is 70.7 Å². The smallest absolute Gasteiger partial charge is 0.255 e. The van der Waals surface area contributed by atoms with Crippen molar-refractivity contribution >= 4 is 21.8 Å². The molecule has 0 saturated heterocycles. The number of halogens is 1. The van der Waals surface area contributed by atoms with Gasteiger partial charge < -0.3 is 5.32 Å². The van der Waals surface area contributed by atoms with Gasteiger partial charge in [-0.3, -0.25) is 4.79 Å². The second-order valence-electron chi connectivity index (χ2n) is 5.53. The van der Waals surface area contributed by atoms with E-state index in [-0.39, 0.29) is 5.91 Å². The zero-order valence-corrected chi connectivity index (χ0v) is 15.1. The Labute approximate surface area is 154 Å². The Bertz CT molecular complexity index is 954. The van der Waals surface area contributed by atoms with E-state index in [1.165, 1.54) is 0 Å². The second-order valence-corrected chi connectivity index (χ2v) is 6.44. The third-order valence-corrected chi connectivity index (χ3v) is 4.36. The molecule has 1 N–H and O–H groups in total. The third kappa shape index (κ3) is 3.78. The van der Waals surface area contributed by atoms with Crippen LogP contribution in [0.5, 0.6) is 0 Å². The molecule has 0 spiro atoms. The fourth-order valence-corrected chi connectivity index (χ4v) is 2.77. The minimum Gasteiger partial charge on any atom is -0.348 e. The number of nitrogens with zero attached hydrogens (tertiary/aromatic N) is 3. The van der Waals surface area contributed by atoms with E-state index >= 15 is 0 Å². The van der Waals surface area contributed by atoms with E-state index in [9.17, 15) is 4.79 Å². The highest BCUT2D eigenvalue weighted by Crippen LogP contribution is 2.17. The van der Waals surface area contributed by atoms with Crippen molar-refractivity contribution in [3.8, 4) is 11.8 Å². The van der Waals surface area contributed by atoms with Gasteiger partial charge in [-0.1, -0.05) is 28.1 Å². The number of nitrogens with one attached hydrogen (secondary N) is 1. The Hall–Kier alpha value is -2.91. The number of carbonyl (C=O) groups is 1. The van der Waals surface area contributed by atoms with E-state index in [2.05, 4.69) is 32.4 Å². The van der Waals surface area contributed by atoms with E-state index < -0.39 is 0 Å². The Morgan fingerprint density at radius 2 is 2.04 bits per heavy atom. The fourth-order valence-electron chi connectivity index (χ4n) is 2.50. The highest BCUT2D eigenvalue weighted by atomic mass is 79.9. The molecule has 2 aromatic carbocycles. The molecule has 0 aliphatic rings. The van der Waals surface area contributed by atoms with Crippen molar-refractivity contribution in [2.24, 2.45) is 0 Å². The number of nitriles is 1. The van der Waals surface area contributed by atoms with Gasteiger partial charge in [-0.05, 0) is 48.9 Å². The summed E-state index contributed by atoms with van der Waals surface area (Å²) < 4.78 is 2.72. The van der Waals surface area contributed by atoms with E-state index in [1.54, 1.807) is 29.1 Å². The molecule has 0 fully saturated rings. The molecular formula is C19H15BrN4O. The van der Waals surface area contributed by atoms with Gasteiger partial charge in [-0.2, -0.15) is 10.4 Å². The summed E-state index contributed by atoms with van der Waals surface area (Å²) in [7, 11) is 0. The molecule has 3 aromatic rings. The van der Waals surface area contributed by atoms with Crippen LogP contribution in [0.3, 0.4) is 0 Å². The molecule has 0 bridgehead atoms. The summed E-state index contributed by atoms with van der Waals surface area (Å²) in [6.45, 7) is 2.22. The average Bonchev–Trinajstić information content (AvgIpc) is 3.02. The van der Waals surface area contributed by atoms with Crippen LogP contribution >= 0.6 is 15.9 Å². The number of carbonyl (C=O) groups excluding carboxylic acids is 1. The first-order chi connectivity index (χ1) is 12.1. The van der Waals surface area contributed by atoms with Crippen molar-refractivity contribution < 1.29 is 4.79 Å². The van der Waals surface area contributed by atoms with Crippen LogP contribution in [0.4, 0.5) is 0 Å². The predicted octanol–water partition coefficient (Wildman–Crippen LogP) is 3.74. The molecule has 6 heteroatoms. The third-order valence-electron chi connectivity index (χ3n) is 3.83. The van der Waals surface area contributed by atoms with Crippen molar-refractivity contribution in [2.75, 3.05) is 0 Å². The number of hydrogen-bond donors (Lipinski definition) is 1. The molecule has 0 aliphatic heterocycles. The molecule has 1 amide bonds. The number of amides is 1. The van der Waals surface area contributed by atoms with Gasteiger partial charge in [0.2, 0.25) is 0 Å². The first-order valence-corrected chi connectivity index (χ1v) is 8.45. The summed E-state index contributed by atoms with van der Waals surface area (Å²) in [4.78, 5) is 12.5. The van der Waals surface area contributed by atoms with Gasteiger partial charge in [0.15, 0.2) is 0 Å². The Morgan fingerprint density at radius 3 is 2.76 bits per heavy atom. The van der Waals surface area contributed by atoms with Crippen LogP contribution in [0, 0.1) is 18.3 Å². The van der Waals surface area contributed by atoms with Crippen molar-refractivity contribution in [2.45, 2.75) is 13.5 Å². The number of benzene rings is 2. The predicted molar refractivity (Wildman–Crippen MR) is 98.3 cm³/mol. The lowest BCUT2D eigenvalue weighted by Crippen LogP contribution is -2.23. The van der Waals surface area contributed by atoms with Gasteiger partial charge >= 0.3 is 0 Å². The van der Waals surface area contributed by atoms with Crippen molar-refractivity contribution in [3.63, 3.8) is 0 Å². The largest absolute Gasteiger partial charge is 0.348 e. The van der Waals surface area contributed by atoms with Crippen molar-refractivity contribution in [3.05, 3.63) is 81.6 Å². The summed E-state index contributed by atoms with van der Waals surface area (Å²) in [5.74, 6) is -0.191. The first kappa shape index (κ1) is 16.9. The lowest BCUT2D eigenvalue weighted by molar-refractivity contribution is 0.0950. The first-order valence-electron chi connectivity index (χ1n) is 7.66. The Morgan fingerprint density at radius 1 is 1.28 bits per heavy atom. The maximum Gasteiger partial charge on any atom is 0.255 e. The van der Waals surface area contributed by atoms with Gasteiger partial charge in [0.1, 0.15) is 0 Å². The van der Waals surface area contributed by atoms with Crippen molar-refractivity contribution in [1.82, 2.24) is 15.1 Å². The number of hydrogen-bond acceptors (Lipinski definition) is 3. The van der Waals surface area contributed by atoms with Gasteiger partial charge in [0.05, 0.1) is 34.8 Å². The number of aromatic nitrogens is 2. The Kier molecular flexibility index (Phi) is 4.96. The van der Waals surface area contributed by atoms with E-state index in [0.29, 0.717) is 17.7 Å². The van der Waals surface area contributed by atoms with Crippen LogP contribution in [-0.2, 0) is 6.54 Å². The van der Waals surface area contributed by atoms with Crippen LogP contribution < -0.4 is 5.32 Å². The summed E-state index contributed by atoms with van der Waals surface area (Å²) in [5, 5.41) is 16.1. The molecular weight excluding hydrogens is 380 g/mol. The van der Waals surface area contributed by atoms with Gasteiger partial charge in [0.25, 0.3) is 5.91 Å². The minimum atomic E-state index is -0.191. The molecule has 3 rings (SSSR count). The standard InChI is InChI=1S/C19H15BrN4O/c1-13-18(12-23-24(13)17-7-5-16(20)6-8-17)19(25)22-11-15-4-2-3-14(9-15)10-21/h2-9,12H,11H2,1H3,(H,22,25). The average molecular weight is 395 g/mol. The minimum absolute atomic E-state index is 0.191. The monoisotopic (exact) mass is 394 g/mol. The summed E-state index contributed by atoms with van der Waals surface area (Å²) in [5.41, 5.74) is 3.64. The second kappa shape index (κ2) is 7.32. The Balaban J connectivity index is 1.74. The lowest BCUT2D eigenvalue weighted by Gasteiger charge is -2.07. The van der Waals surface area contributed by atoms with E-state index in [4.69, 9.17) is 5.26 Å². The zero-order valence-electron chi connectivity index (χ0n) is 13.5. The highest BCUT2D eigenvalue weighted by molar-refractivity contribution is 9.10.